The van der Waals surface area contributed by atoms with Gasteiger partial charge in [0.15, 0.2) is 11.5 Å². The Kier molecular flexibility index (Phi) is 3.77. The van der Waals surface area contributed by atoms with E-state index in [1.54, 1.807) is 11.3 Å². The molecule has 0 aliphatic carbocycles. The number of rotatable bonds is 4. The normalized spacial score (nSPS) is 14.6. The van der Waals surface area contributed by atoms with Crippen LogP contribution in [0.2, 0.25) is 0 Å². The van der Waals surface area contributed by atoms with Crippen molar-refractivity contribution >= 4 is 27.3 Å². The van der Waals surface area contributed by atoms with Gasteiger partial charge >= 0.3 is 0 Å². The van der Waals surface area contributed by atoms with Crippen molar-refractivity contribution in [2.45, 2.75) is 19.5 Å². The van der Waals surface area contributed by atoms with E-state index < -0.39 is 0 Å². The Balaban J connectivity index is 1.70. The summed E-state index contributed by atoms with van der Waals surface area (Å²) in [5, 5.41) is 5.61. The molecule has 1 unspecified atom stereocenters. The first-order chi connectivity index (χ1) is 9.25. The molecule has 0 amide bonds. The van der Waals surface area contributed by atoms with Crippen LogP contribution in [0.1, 0.15) is 23.4 Å². The Labute approximate surface area is 124 Å². The number of thiophene rings is 1. The molecular weight excluding hydrogens is 326 g/mol. The van der Waals surface area contributed by atoms with Crippen molar-refractivity contribution in [3.8, 4) is 11.5 Å². The molecule has 1 N–H and O–H groups in total. The van der Waals surface area contributed by atoms with E-state index in [0.29, 0.717) is 12.8 Å². The van der Waals surface area contributed by atoms with Crippen molar-refractivity contribution in [1.29, 1.82) is 0 Å². The number of para-hydroxylation sites is 1. The summed E-state index contributed by atoms with van der Waals surface area (Å²) in [5.74, 6) is 1.71. The minimum absolute atomic E-state index is 0.299. The summed E-state index contributed by atoms with van der Waals surface area (Å²) in [4.78, 5) is 1.31. The molecule has 2 heterocycles. The summed E-state index contributed by atoms with van der Waals surface area (Å²) in [6.07, 6.45) is 0. The number of fused-ring (bicyclic) bond motifs is 1. The SMILES string of the molecule is CC(NCc1cccc2c1OCO2)c1sccc1Br. The van der Waals surface area contributed by atoms with Crippen LogP contribution in [0, 0.1) is 0 Å². The number of nitrogens with one attached hydrogen (secondary N) is 1. The van der Waals surface area contributed by atoms with Crippen LogP contribution < -0.4 is 14.8 Å². The number of halogens is 1. The lowest BCUT2D eigenvalue weighted by molar-refractivity contribution is 0.173. The molecule has 1 aromatic heterocycles. The fraction of sp³-hybridized carbons (Fsp3) is 0.286. The maximum atomic E-state index is 5.51. The summed E-state index contributed by atoms with van der Waals surface area (Å²) < 4.78 is 12.1. The molecule has 1 aromatic carbocycles. The van der Waals surface area contributed by atoms with E-state index in [0.717, 1.165) is 28.1 Å². The van der Waals surface area contributed by atoms with Crippen LogP contribution in [0.3, 0.4) is 0 Å². The van der Waals surface area contributed by atoms with Crippen LogP contribution in [0.5, 0.6) is 11.5 Å². The molecule has 3 rings (SSSR count). The predicted molar refractivity (Wildman–Crippen MR) is 79.8 cm³/mol. The van der Waals surface area contributed by atoms with Crippen LogP contribution in [-0.4, -0.2) is 6.79 Å². The maximum Gasteiger partial charge on any atom is 0.231 e. The maximum absolute atomic E-state index is 5.51. The molecule has 0 spiro atoms. The van der Waals surface area contributed by atoms with Gasteiger partial charge < -0.3 is 14.8 Å². The molecule has 2 aromatic rings. The van der Waals surface area contributed by atoms with Gasteiger partial charge in [-0.1, -0.05) is 12.1 Å². The molecule has 1 aliphatic rings. The molecule has 19 heavy (non-hydrogen) atoms. The standard InChI is InChI=1S/C14H14BrNO2S/c1-9(14-11(15)5-6-19-14)16-7-10-3-2-4-12-13(10)18-8-17-12/h2-6,9,16H,7-8H2,1H3. The highest BCUT2D eigenvalue weighted by molar-refractivity contribution is 9.10. The zero-order valence-corrected chi connectivity index (χ0v) is 12.9. The van der Waals surface area contributed by atoms with Crippen molar-refractivity contribution in [2.24, 2.45) is 0 Å². The Morgan fingerprint density at radius 1 is 1.37 bits per heavy atom. The summed E-state index contributed by atoms with van der Waals surface area (Å²) in [6.45, 7) is 3.24. The molecular formula is C14H14BrNO2S. The summed E-state index contributed by atoms with van der Waals surface area (Å²) in [6, 6.07) is 8.38. The van der Waals surface area contributed by atoms with Gasteiger partial charge in [0.2, 0.25) is 6.79 Å². The van der Waals surface area contributed by atoms with Crippen molar-refractivity contribution in [1.82, 2.24) is 5.32 Å². The van der Waals surface area contributed by atoms with E-state index in [-0.39, 0.29) is 0 Å². The fourth-order valence-corrected chi connectivity index (χ4v) is 3.85. The minimum Gasteiger partial charge on any atom is -0.454 e. The first-order valence-corrected chi connectivity index (χ1v) is 7.76. The van der Waals surface area contributed by atoms with E-state index in [1.807, 2.05) is 12.1 Å². The smallest absolute Gasteiger partial charge is 0.231 e. The van der Waals surface area contributed by atoms with Crippen molar-refractivity contribution in [3.63, 3.8) is 0 Å². The highest BCUT2D eigenvalue weighted by Crippen LogP contribution is 2.36. The van der Waals surface area contributed by atoms with Gasteiger partial charge in [0, 0.05) is 27.5 Å². The van der Waals surface area contributed by atoms with Gasteiger partial charge in [0.25, 0.3) is 0 Å². The van der Waals surface area contributed by atoms with Crippen molar-refractivity contribution in [3.05, 3.63) is 44.6 Å². The van der Waals surface area contributed by atoms with Crippen molar-refractivity contribution in [2.75, 3.05) is 6.79 Å². The van der Waals surface area contributed by atoms with Gasteiger partial charge in [-0.25, -0.2) is 0 Å². The second kappa shape index (κ2) is 5.53. The molecule has 0 radical (unpaired) electrons. The molecule has 1 atom stereocenters. The highest BCUT2D eigenvalue weighted by atomic mass is 79.9. The quantitative estimate of drug-likeness (QED) is 0.909. The molecule has 0 saturated carbocycles. The van der Waals surface area contributed by atoms with Gasteiger partial charge in [-0.05, 0) is 40.4 Å². The zero-order valence-electron chi connectivity index (χ0n) is 10.5. The van der Waals surface area contributed by atoms with E-state index in [1.165, 1.54) is 4.88 Å². The average molecular weight is 340 g/mol. The van der Waals surface area contributed by atoms with Crippen LogP contribution in [0.15, 0.2) is 34.1 Å². The third-order valence-electron chi connectivity index (χ3n) is 3.11. The summed E-state index contributed by atoms with van der Waals surface area (Å²) >= 11 is 5.32. The van der Waals surface area contributed by atoms with E-state index in [4.69, 9.17) is 9.47 Å². The second-order valence-corrected chi connectivity index (χ2v) is 6.19. The number of hydrogen-bond acceptors (Lipinski definition) is 4. The Morgan fingerprint density at radius 2 is 2.26 bits per heavy atom. The van der Waals surface area contributed by atoms with E-state index in [9.17, 15) is 0 Å². The lowest BCUT2D eigenvalue weighted by atomic mass is 10.1. The molecule has 5 heteroatoms. The van der Waals surface area contributed by atoms with Gasteiger partial charge in [0.05, 0.1) is 0 Å². The lowest BCUT2D eigenvalue weighted by Crippen LogP contribution is -2.17. The van der Waals surface area contributed by atoms with Gasteiger partial charge in [-0.2, -0.15) is 0 Å². The van der Waals surface area contributed by atoms with Gasteiger partial charge in [-0.15, -0.1) is 11.3 Å². The molecule has 1 aliphatic heterocycles. The van der Waals surface area contributed by atoms with E-state index >= 15 is 0 Å². The number of ether oxygens (including phenoxy) is 2. The van der Waals surface area contributed by atoms with E-state index in [2.05, 4.69) is 45.7 Å². The third kappa shape index (κ3) is 2.63. The van der Waals surface area contributed by atoms with Crippen LogP contribution in [-0.2, 0) is 6.54 Å². The third-order valence-corrected chi connectivity index (χ3v) is 5.17. The summed E-state index contributed by atoms with van der Waals surface area (Å²) in [5.41, 5.74) is 1.13. The zero-order chi connectivity index (χ0) is 13.2. The minimum atomic E-state index is 0.299. The molecule has 100 valence electrons. The Hall–Kier alpha value is -1.04. The van der Waals surface area contributed by atoms with Crippen LogP contribution in [0.4, 0.5) is 0 Å². The summed E-state index contributed by atoms with van der Waals surface area (Å²) in [7, 11) is 0. The monoisotopic (exact) mass is 339 g/mol. The molecule has 0 saturated heterocycles. The fourth-order valence-electron chi connectivity index (χ4n) is 2.10. The first kappa shape index (κ1) is 13.0. The Bertz CT molecular complexity index is 585. The van der Waals surface area contributed by atoms with Crippen LogP contribution in [0.25, 0.3) is 0 Å². The van der Waals surface area contributed by atoms with Gasteiger partial charge in [0.1, 0.15) is 0 Å². The highest BCUT2D eigenvalue weighted by Gasteiger charge is 2.18. The molecule has 0 fully saturated rings. The lowest BCUT2D eigenvalue weighted by Gasteiger charge is -2.14. The number of hydrogen-bond donors (Lipinski definition) is 1. The second-order valence-electron chi connectivity index (χ2n) is 4.39. The molecule has 0 bridgehead atoms. The average Bonchev–Trinajstić information content (AvgIpc) is 3.04. The number of benzene rings is 1. The topological polar surface area (TPSA) is 30.5 Å². The van der Waals surface area contributed by atoms with Gasteiger partial charge in [-0.3, -0.25) is 0 Å². The Morgan fingerprint density at radius 3 is 3.05 bits per heavy atom. The van der Waals surface area contributed by atoms with Crippen LogP contribution >= 0.6 is 27.3 Å². The largest absolute Gasteiger partial charge is 0.454 e. The predicted octanol–water partition coefficient (Wildman–Crippen LogP) is 4.09. The molecule has 3 nitrogen and oxygen atoms in total. The van der Waals surface area contributed by atoms with Crippen molar-refractivity contribution < 1.29 is 9.47 Å². The first-order valence-electron chi connectivity index (χ1n) is 6.09.